The van der Waals surface area contributed by atoms with Crippen LogP contribution in [-0.2, 0) is 24.8 Å². The molecule has 3 heterocycles. The van der Waals surface area contributed by atoms with Crippen molar-refractivity contribution in [3.05, 3.63) is 29.7 Å². The summed E-state index contributed by atoms with van der Waals surface area (Å²) in [6, 6.07) is 0.217. The molecule has 1 aliphatic heterocycles. The Kier molecular flexibility index (Phi) is 5.47. The maximum absolute atomic E-state index is 12.1. The summed E-state index contributed by atoms with van der Waals surface area (Å²) < 4.78 is 6.85. The molecule has 0 spiro atoms. The van der Waals surface area contributed by atoms with Gasteiger partial charge >= 0.3 is 0 Å². The molecule has 1 saturated heterocycles. The Bertz CT molecular complexity index is 710. The van der Waals surface area contributed by atoms with E-state index in [0.717, 1.165) is 38.9 Å². The van der Waals surface area contributed by atoms with Crippen molar-refractivity contribution in [3.8, 4) is 0 Å². The molecule has 2 aromatic heterocycles. The Labute approximate surface area is 147 Å². The largest absolute Gasteiger partial charge is 0.340 e. The summed E-state index contributed by atoms with van der Waals surface area (Å²) in [5, 5.41) is 8.11. The molecule has 1 atom stereocenters. The number of aryl methyl sites for hydroxylation is 3. The molecular weight excluding hydrogens is 320 g/mol. The van der Waals surface area contributed by atoms with Gasteiger partial charge in [-0.15, -0.1) is 0 Å². The van der Waals surface area contributed by atoms with Crippen LogP contribution in [0.2, 0.25) is 0 Å². The second-order valence-electron chi connectivity index (χ2n) is 6.75. The number of nitrogens with zero attached hydrogens (tertiary/aromatic N) is 6. The summed E-state index contributed by atoms with van der Waals surface area (Å²) in [6.45, 7) is 6.75. The number of carbonyl (C=O) groups is 1. The van der Waals surface area contributed by atoms with Crippen LogP contribution in [0.5, 0.6) is 0 Å². The highest BCUT2D eigenvalue weighted by molar-refractivity contribution is 5.73. The van der Waals surface area contributed by atoms with Crippen molar-refractivity contribution in [1.29, 1.82) is 0 Å². The fourth-order valence-electron chi connectivity index (χ4n) is 3.43. The fourth-order valence-corrected chi connectivity index (χ4v) is 3.43. The second kappa shape index (κ2) is 7.77. The Hall–Kier alpha value is -2.22. The van der Waals surface area contributed by atoms with E-state index in [9.17, 15) is 4.79 Å². The summed E-state index contributed by atoms with van der Waals surface area (Å²) in [5.41, 5.74) is 1.27. The maximum atomic E-state index is 12.1. The number of likely N-dealkylation sites (tertiary alicyclic amines) is 1. The topological polar surface area (TPSA) is 80.3 Å². The first-order valence-electron chi connectivity index (χ1n) is 8.77. The third kappa shape index (κ3) is 4.66. The number of hydrogen-bond donors (Lipinski definition) is 0. The van der Waals surface area contributed by atoms with Crippen LogP contribution in [-0.4, -0.2) is 61.3 Å². The minimum atomic E-state index is 0.0599. The Balaban J connectivity index is 1.48. The first-order chi connectivity index (χ1) is 12.0. The molecule has 3 rings (SSSR count). The lowest BCUT2D eigenvalue weighted by Crippen LogP contribution is -2.40. The Morgan fingerprint density at radius 2 is 2.32 bits per heavy atom. The summed E-state index contributed by atoms with van der Waals surface area (Å²) in [4.78, 5) is 20.6. The molecule has 0 aromatic carbocycles. The number of carbonyl (C=O) groups excluding carboxylic acids is 1. The minimum absolute atomic E-state index is 0.0599. The zero-order chi connectivity index (χ0) is 17.8. The molecule has 2 aromatic rings. The molecule has 8 heteroatoms. The smallest absolute Gasteiger partial charge is 0.223 e. The van der Waals surface area contributed by atoms with E-state index in [0.29, 0.717) is 18.3 Å². The lowest BCUT2D eigenvalue weighted by molar-refractivity contribution is -0.131. The lowest BCUT2D eigenvalue weighted by Gasteiger charge is -2.27. The summed E-state index contributed by atoms with van der Waals surface area (Å²) >= 11 is 0. The van der Waals surface area contributed by atoms with Gasteiger partial charge in [0.25, 0.3) is 0 Å². The van der Waals surface area contributed by atoms with E-state index in [1.807, 2.05) is 22.8 Å². The lowest BCUT2D eigenvalue weighted by atomic mass is 10.2. The van der Waals surface area contributed by atoms with Gasteiger partial charge in [-0.2, -0.15) is 10.1 Å². The number of amides is 1. The molecule has 0 aliphatic carbocycles. The molecule has 25 heavy (non-hydrogen) atoms. The molecule has 0 unspecified atom stereocenters. The highest BCUT2D eigenvalue weighted by Gasteiger charge is 2.29. The predicted octanol–water partition coefficient (Wildman–Crippen LogP) is 1.17. The van der Waals surface area contributed by atoms with Gasteiger partial charge in [-0.3, -0.25) is 9.48 Å². The van der Waals surface area contributed by atoms with Crippen LogP contribution in [0.4, 0.5) is 0 Å². The standard InChI is InChI=1S/C17H26N6O2/c1-13-19-17(20-25-13)12-23(14(2)24)16-6-8-22(11-16)7-4-5-15-9-18-21(3)10-15/h9-10,16H,4-8,11-12H2,1-3H3/t16-/m0/s1. The molecule has 0 N–H and O–H groups in total. The predicted molar refractivity (Wildman–Crippen MR) is 91.6 cm³/mol. The molecule has 136 valence electrons. The molecule has 1 aliphatic rings. The summed E-state index contributed by atoms with van der Waals surface area (Å²) in [5.74, 6) is 1.16. The van der Waals surface area contributed by atoms with Crippen LogP contribution >= 0.6 is 0 Å². The zero-order valence-corrected chi connectivity index (χ0v) is 15.2. The monoisotopic (exact) mass is 346 g/mol. The van der Waals surface area contributed by atoms with Gasteiger partial charge in [0.05, 0.1) is 12.7 Å². The molecule has 8 nitrogen and oxygen atoms in total. The second-order valence-corrected chi connectivity index (χ2v) is 6.75. The summed E-state index contributed by atoms with van der Waals surface area (Å²) in [7, 11) is 1.94. The van der Waals surface area contributed by atoms with Crippen LogP contribution in [0.25, 0.3) is 0 Å². The minimum Gasteiger partial charge on any atom is -0.340 e. The first-order valence-corrected chi connectivity index (χ1v) is 8.77. The van der Waals surface area contributed by atoms with Gasteiger partial charge in [-0.1, -0.05) is 5.16 Å². The Morgan fingerprint density at radius 3 is 2.96 bits per heavy atom. The fraction of sp³-hybridized carbons (Fsp3) is 0.647. The van der Waals surface area contributed by atoms with Crippen molar-refractivity contribution in [2.45, 2.75) is 45.7 Å². The maximum Gasteiger partial charge on any atom is 0.223 e. The van der Waals surface area contributed by atoms with Gasteiger partial charge in [0.2, 0.25) is 11.8 Å². The van der Waals surface area contributed by atoms with E-state index in [-0.39, 0.29) is 11.9 Å². The van der Waals surface area contributed by atoms with Gasteiger partial charge in [0.15, 0.2) is 5.82 Å². The number of aromatic nitrogens is 4. The van der Waals surface area contributed by atoms with Gasteiger partial charge in [-0.05, 0) is 31.4 Å². The summed E-state index contributed by atoms with van der Waals surface area (Å²) in [6.07, 6.45) is 7.12. The van der Waals surface area contributed by atoms with Gasteiger partial charge in [0.1, 0.15) is 0 Å². The van der Waals surface area contributed by atoms with Crippen LogP contribution in [0, 0.1) is 6.92 Å². The molecular formula is C17H26N6O2. The average Bonchev–Trinajstić information content (AvgIpc) is 3.27. The van der Waals surface area contributed by atoms with Crippen molar-refractivity contribution >= 4 is 5.91 Å². The number of hydrogen-bond acceptors (Lipinski definition) is 6. The highest BCUT2D eigenvalue weighted by atomic mass is 16.5. The van der Waals surface area contributed by atoms with E-state index in [1.54, 1.807) is 13.8 Å². The van der Waals surface area contributed by atoms with Crippen molar-refractivity contribution < 1.29 is 9.32 Å². The Morgan fingerprint density at radius 1 is 1.48 bits per heavy atom. The third-order valence-corrected chi connectivity index (χ3v) is 4.67. The number of rotatable bonds is 7. The van der Waals surface area contributed by atoms with Crippen molar-refractivity contribution in [2.75, 3.05) is 19.6 Å². The van der Waals surface area contributed by atoms with Crippen LogP contribution < -0.4 is 0 Å². The van der Waals surface area contributed by atoms with Crippen LogP contribution in [0.1, 0.15) is 37.0 Å². The van der Waals surface area contributed by atoms with E-state index in [4.69, 9.17) is 4.52 Å². The average molecular weight is 346 g/mol. The quantitative estimate of drug-likeness (QED) is 0.749. The van der Waals surface area contributed by atoms with Crippen LogP contribution in [0.15, 0.2) is 16.9 Å². The molecule has 0 radical (unpaired) electrons. The highest BCUT2D eigenvalue weighted by Crippen LogP contribution is 2.18. The van der Waals surface area contributed by atoms with Crippen LogP contribution in [0.3, 0.4) is 0 Å². The van der Waals surface area contributed by atoms with Crippen molar-refractivity contribution in [3.63, 3.8) is 0 Å². The molecule has 0 bridgehead atoms. The molecule has 1 amide bonds. The molecule has 1 fully saturated rings. The SMILES string of the molecule is CC(=O)N(Cc1noc(C)n1)[C@H]1CCN(CCCc2cnn(C)c2)C1. The van der Waals surface area contributed by atoms with E-state index in [2.05, 4.69) is 26.3 Å². The molecule has 0 saturated carbocycles. The van der Waals surface area contributed by atoms with E-state index >= 15 is 0 Å². The van der Waals surface area contributed by atoms with E-state index < -0.39 is 0 Å². The van der Waals surface area contributed by atoms with Gasteiger partial charge < -0.3 is 14.3 Å². The van der Waals surface area contributed by atoms with Gasteiger partial charge in [0, 0.05) is 46.2 Å². The third-order valence-electron chi connectivity index (χ3n) is 4.67. The normalized spacial score (nSPS) is 18.0. The van der Waals surface area contributed by atoms with Gasteiger partial charge in [-0.25, -0.2) is 0 Å². The first kappa shape index (κ1) is 17.6. The van der Waals surface area contributed by atoms with Crippen molar-refractivity contribution in [1.82, 2.24) is 29.7 Å². The zero-order valence-electron chi connectivity index (χ0n) is 15.2. The van der Waals surface area contributed by atoms with Crippen molar-refractivity contribution in [2.24, 2.45) is 7.05 Å². The van der Waals surface area contributed by atoms with E-state index in [1.165, 1.54) is 5.56 Å².